The van der Waals surface area contributed by atoms with Crippen LogP contribution in [0.15, 0.2) is 27.2 Å². The van der Waals surface area contributed by atoms with Gasteiger partial charge in [0.1, 0.15) is 17.6 Å². The van der Waals surface area contributed by atoms with E-state index in [2.05, 4.69) is 25.9 Å². The van der Waals surface area contributed by atoms with E-state index in [1.807, 2.05) is 37.8 Å². The van der Waals surface area contributed by atoms with Crippen LogP contribution in [0.1, 0.15) is 23.3 Å². The zero-order chi connectivity index (χ0) is 14.0. The van der Waals surface area contributed by atoms with Gasteiger partial charge >= 0.3 is 0 Å². The van der Waals surface area contributed by atoms with Gasteiger partial charge in [-0.05, 0) is 49.1 Å². The molecule has 2 heterocycles. The lowest BCUT2D eigenvalue weighted by Gasteiger charge is -2.15. The minimum Gasteiger partial charge on any atom is -0.464 e. The molecule has 0 bridgehead atoms. The number of rotatable bonds is 5. The summed E-state index contributed by atoms with van der Waals surface area (Å²) in [5.41, 5.74) is 7.22. The molecule has 0 fully saturated rings. The molecule has 19 heavy (non-hydrogen) atoms. The van der Waals surface area contributed by atoms with Crippen LogP contribution in [0.3, 0.4) is 0 Å². The van der Waals surface area contributed by atoms with E-state index in [9.17, 15) is 0 Å². The molecule has 2 rings (SSSR count). The molecule has 1 atom stereocenters. The first kappa shape index (κ1) is 14.3. The smallest absolute Gasteiger partial charge is 0.127 e. The van der Waals surface area contributed by atoms with Gasteiger partial charge in [0.2, 0.25) is 0 Å². The van der Waals surface area contributed by atoms with E-state index >= 15 is 0 Å². The van der Waals surface area contributed by atoms with E-state index in [-0.39, 0.29) is 6.04 Å². The molecule has 0 aliphatic carbocycles. The van der Waals surface area contributed by atoms with Gasteiger partial charge < -0.3 is 15.1 Å². The quantitative estimate of drug-likeness (QED) is 0.914. The summed E-state index contributed by atoms with van der Waals surface area (Å²) in [5, 5.41) is 4.36. The highest BCUT2D eigenvalue weighted by molar-refractivity contribution is 9.10. The molecule has 0 spiro atoms. The van der Waals surface area contributed by atoms with Gasteiger partial charge in [-0.3, -0.25) is 4.68 Å². The van der Waals surface area contributed by atoms with Crippen LogP contribution in [0.25, 0.3) is 0 Å². The second kappa shape index (κ2) is 5.90. The Hall–Kier alpha value is -1.11. The molecule has 6 heteroatoms. The second-order valence-corrected chi connectivity index (χ2v) is 5.68. The van der Waals surface area contributed by atoms with Gasteiger partial charge in [-0.25, -0.2) is 0 Å². The summed E-state index contributed by atoms with van der Waals surface area (Å²) < 4.78 is 8.44. The Bertz CT molecular complexity index is 547. The molecule has 0 saturated carbocycles. The zero-order valence-electron chi connectivity index (χ0n) is 11.4. The van der Waals surface area contributed by atoms with Crippen LogP contribution >= 0.6 is 15.9 Å². The van der Waals surface area contributed by atoms with E-state index in [4.69, 9.17) is 10.2 Å². The molecule has 0 radical (unpaired) electrons. The Labute approximate surface area is 121 Å². The van der Waals surface area contributed by atoms with E-state index in [0.29, 0.717) is 0 Å². The molecule has 104 valence electrons. The van der Waals surface area contributed by atoms with Gasteiger partial charge in [0.15, 0.2) is 0 Å². The molecule has 2 aromatic heterocycles. The number of aryl methyl sites for hydroxylation is 1. The number of likely N-dealkylation sites (N-methyl/N-ethyl adjacent to an activating group) is 1. The SMILES string of the molecule is Cc1ccc(C(N)c2c(Br)cnn2CCN(C)C)o1. The van der Waals surface area contributed by atoms with E-state index in [0.717, 1.165) is 34.8 Å². The number of hydrogen-bond acceptors (Lipinski definition) is 4. The molecular weight excluding hydrogens is 308 g/mol. The van der Waals surface area contributed by atoms with Crippen LogP contribution in [0, 0.1) is 6.92 Å². The van der Waals surface area contributed by atoms with Gasteiger partial charge in [0, 0.05) is 6.54 Å². The van der Waals surface area contributed by atoms with Crippen LogP contribution in [0.5, 0.6) is 0 Å². The maximum absolute atomic E-state index is 6.28. The summed E-state index contributed by atoms with van der Waals surface area (Å²) in [5.74, 6) is 1.62. The fraction of sp³-hybridized carbons (Fsp3) is 0.462. The van der Waals surface area contributed by atoms with Crippen LogP contribution in [0.2, 0.25) is 0 Å². The summed E-state index contributed by atoms with van der Waals surface area (Å²) in [6.45, 7) is 3.61. The number of aromatic nitrogens is 2. The molecule has 2 aromatic rings. The van der Waals surface area contributed by atoms with Gasteiger partial charge in [0.25, 0.3) is 0 Å². The van der Waals surface area contributed by atoms with Crippen molar-refractivity contribution in [1.82, 2.24) is 14.7 Å². The normalized spacial score (nSPS) is 13.2. The van der Waals surface area contributed by atoms with Crippen molar-refractivity contribution in [2.45, 2.75) is 19.5 Å². The molecule has 1 unspecified atom stereocenters. The predicted molar refractivity (Wildman–Crippen MR) is 78.0 cm³/mol. The molecule has 0 aliphatic rings. The maximum Gasteiger partial charge on any atom is 0.127 e. The Morgan fingerprint density at radius 3 is 2.79 bits per heavy atom. The Morgan fingerprint density at radius 2 is 2.21 bits per heavy atom. The summed E-state index contributed by atoms with van der Waals surface area (Å²) in [4.78, 5) is 2.11. The predicted octanol–water partition coefficient (Wildman–Crippen LogP) is 2.16. The Kier molecular flexibility index (Phi) is 4.44. The van der Waals surface area contributed by atoms with Crippen molar-refractivity contribution in [2.24, 2.45) is 5.73 Å². The van der Waals surface area contributed by atoms with Crippen LogP contribution < -0.4 is 5.73 Å². The number of nitrogens with two attached hydrogens (primary N) is 1. The first-order chi connectivity index (χ1) is 8.99. The monoisotopic (exact) mass is 326 g/mol. The van der Waals surface area contributed by atoms with Crippen molar-refractivity contribution < 1.29 is 4.42 Å². The first-order valence-corrected chi connectivity index (χ1v) is 6.96. The van der Waals surface area contributed by atoms with Gasteiger partial charge in [-0.15, -0.1) is 0 Å². The van der Waals surface area contributed by atoms with Crippen LogP contribution in [0.4, 0.5) is 0 Å². The first-order valence-electron chi connectivity index (χ1n) is 6.17. The lowest BCUT2D eigenvalue weighted by molar-refractivity contribution is 0.364. The fourth-order valence-electron chi connectivity index (χ4n) is 1.91. The number of nitrogens with zero attached hydrogens (tertiary/aromatic N) is 3. The average Bonchev–Trinajstić information content (AvgIpc) is 2.92. The summed E-state index contributed by atoms with van der Waals surface area (Å²) in [7, 11) is 4.07. The molecule has 0 aromatic carbocycles. The van der Waals surface area contributed by atoms with Crippen molar-refractivity contribution in [2.75, 3.05) is 20.6 Å². The average molecular weight is 327 g/mol. The Balaban J connectivity index is 2.25. The largest absolute Gasteiger partial charge is 0.464 e. The van der Waals surface area contributed by atoms with E-state index in [1.54, 1.807) is 6.20 Å². The lowest BCUT2D eigenvalue weighted by atomic mass is 10.1. The number of furan rings is 1. The van der Waals surface area contributed by atoms with E-state index in [1.165, 1.54) is 0 Å². The van der Waals surface area contributed by atoms with Crippen molar-refractivity contribution >= 4 is 15.9 Å². The third-order valence-corrected chi connectivity index (χ3v) is 3.57. The highest BCUT2D eigenvalue weighted by Crippen LogP contribution is 2.27. The summed E-state index contributed by atoms with van der Waals surface area (Å²) in [6, 6.07) is 3.52. The Morgan fingerprint density at radius 1 is 1.47 bits per heavy atom. The molecule has 2 N–H and O–H groups in total. The summed E-state index contributed by atoms with van der Waals surface area (Å²) >= 11 is 3.51. The van der Waals surface area contributed by atoms with Crippen molar-refractivity contribution in [1.29, 1.82) is 0 Å². The van der Waals surface area contributed by atoms with Crippen molar-refractivity contribution in [3.8, 4) is 0 Å². The summed E-state index contributed by atoms with van der Waals surface area (Å²) in [6.07, 6.45) is 1.78. The van der Waals surface area contributed by atoms with E-state index < -0.39 is 0 Å². The minimum absolute atomic E-state index is 0.312. The topological polar surface area (TPSA) is 60.2 Å². The number of halogens is 1. The van der Waals surface area contributed by atoms with Crippen molar-refractivity contribution in [3.63, 3.8) is 0 Å². The van der Waals surface area contributed by atoms with Gasteiger partial charge in [0.05, 0.1) is 22.9 Å². The molecule has 5 nitrogen and oxygen atoms in total. The standard InChI is InChI=1S/C13H19BrN4O/c1-9-4-5-11(19-9)12(15)13-10(14)8-16-18(13)7-6-17(2)3/h4-5,8,12H,6-7,15H2,1-3H3. The van der Waals surface area contributed by atoms with Crippen LogP contribution in [-0.4, -0.2) is 35.3 Å². The third-order valence-electron chi connectivity index (χ3n) is 2.95. The molecule has 0 aliphatic heterocycles. The molecule has 0 saturated heterocycles. The second-order valence-electron chi connectivity index (χ2n) is 4.83. The van der Waals surface area contributed by atoms with Gasteiger partial charge in [-0.1, -0.05) is 0 Å². The number of hydrogen-bond donors (Lipinski definition) is 1. The fourth-order valence-corrected chi connectivity index (χ4v) is 2.45. The highest BCUT2D eigenvalue weighted by atomic mass is 79.9. The third kappa shape index (κ3) is 3.26. The lowest BCUT2D eigenvalue weighted by Crippen LogP contribution is -2.23. The molecule has 0 amide bonds. The van der Waals surface area contributed by atoms with Crippen LogP contribution in [-0.2, 0) is 6.54 Å². The maximum atomic E-state index is 6.28. The zero-order valence-corrected chi connectivity index (χ0v) is 13.0. The molecular formula is C13H19BrN4O. The van der Waals surface area contributed by atoms with Gasteiger partial charge in [-0.2, -0.15) is 5.10 Å². The minimum atomic E-state index is -0.312. The van der Waals surface area contributed by atoms with Crippen molar-refractivity contribution in [3.05, 3.63) is 40.0 Å². The highest BCUT2D eigenvalue weighted by Gasteiger charge is 2.20.